The molecular formula is C17H23N5O4. The van der Waals surface area contributed by atoms with Crippen LogP contribution in [0.25, 0.3) is 0 Å². The van der Waals surface area contributed by atoms with Gasteiger partial charge in [0.05, 0.1) is 19.2 Å². The number of aliphatic hydroxyl groups excluding tert-OH is 1. The van der Waals surface area contributed by atoms with Crippen LogP contribution in [0.5, 0.6) is 0 Å². The van der Waals surface area contributed by atoms with Crippen molar-refractivity contribution in [3.05, 3.63) is 24.3 Å². The average molecular weight is 361 g/mol. The van der Waals surface area contributed by atoms with E-state index in [1.54, 1.807) is 23.4 Å². The van der Waals surface area contributed by atoms with E-state index in [-0.39, 0.29) is 24.9 Å². The Morgan fingerprint density at radius 2 is 2.08 bits per heavy atom. The van der Waals surface area contributed by atoms with Crippen LogP contribution >= 0.6 is 0 Å². The highest BCUT2D eigenvalue weighted by atomic mass is 16.3. The molecule has 9 heteroatoms. The minimum Gasteiger partial charge on any atom is -0.391 e. The number of rotatable bonds is 5. The lowest BCUT2D eigenvalue weighted by Crippen LogP contribution is -2.77. The maximum Gasteiger partial charge on any atom is 0.251 e. The van der Waals surface area contributed by atoms with Crippen molar-refractivity contribution in [3.8, 4) is 0 Å². The van der Waals surface area contributed by atoms with Gasteiger partial charge in [0.1, 0.15) is 17.4 Å². The van der Waals surface area contributed by atoms with Gasteiger partial charge in [0, 0.05) is 25.9 Å². The molecule has 3 heterocycles. The number of nitrogens with zero attached hydrogens (tertiary/aromatic N) is 4. The summed E-state index contributed by atoms with van der Waals surface area (Å²) >= 11 is 0. The number of likely N-dealkylation sites (tertiary alicyclic amines) is 2. The molecule has 1 aromatic heterocycles. The lowest BCUT2D eigenvalue weighted by molar-refractivity contribution is -0.176. The van der Waals surface area contributed by atoms with Crippen LogP contribution in [0.3, 0.4) is 0 Å². The summed E-state index contributed by atoms with van der Waals surface area (Å²) in [5.74, 6) is -0.449. The van der Waals surface area contributed by atoms with E-state index in [0.29, 0.717) is 18.8 Å². The number of amides is 3. The summed E-state index contributed by atoms with van der Waals surface area (Å²) in [6.07, 6.45) is 3.45. The van der Waals surface area contributed by atoms with Crippen molar-refractivity contribution in [2.45, 2.75) is 50.9 Å². The molecule has 0 saturated carbocycles. The number of β-lactam (4-membered cyclic amide) rings is 1. The van der Waals surface area contributed by atoms with Crippen molar-refractivity contribution in [2.24, 2.45) is 0 Å². The first kappa shape index (κ1) is 18.2. The molecule has 9 nitrogen and oxygen atoms in total. The first-order chi connectivity index (χ1) is 12.4. The fraction of sp³-hybridized carbons (Fsp3) is 0.588. The largest absolute Gasteiger partial charge is 0.391 e. The molecule has 3 atom stereocenters. The lowest BCUT2D eigenvalue weighted by atomic mass is 9.83. The maximum atomic E-state index is 12.8. The molecule has 26 heavy (non-hydrogen) atoms. The molecule has 1 spiro atoms. The molecule has 2 N–H and O–H groups in total. The molecule has 3 rings (SSSR count). The number of carbonyl (C=O) groups is 3. The van der Waals surface area contributed by atoms with Gasteiger partial charge < -0.3 is 20.2 Å². The van der Waals surface area contributed by atoms with Crippen LogP contribution in [0, 0.1) is 0 Å². The quantitative estimate of drug-likeness (QED) is 0.655. The molecule has 0 aromatic carbocycles. The predicted molar refractivity (Wildman–Crippen MR) is 90.4 cm³/mol. The van der Waals surface area contributed by atoms with Crippen LogP contribution < -0.4 is 5.32 Å². The Balaban J connectivity index is 1.68. The van der Waals surface area contributed by atoms with E-state index in [9.17, 15) is 19.5 Å². The normalized spacial score (nSPS) is 24.3. The number of aliphatic hydroxyl groups is 1. The maximum absolute atomic E-state index is 12.8. The van der Waals surface area contributed by atoms with Crippen LogP contribution in [-0.2, 0) is 20.9 Å². The Hall–Kier alpha value is -2.55. The molecule has 0 bridgehead atoms. The molecule has 2 aliphatic heterocycles. The van der Waals surface area contributed by atoms with E-state index < -0.39 is 23.6 Å². The van der Waals surface area contributed by atoms with Gasteiger partial charge in [0.25, 0.3) is 5.91 Å². The zero-order chi connectivity index (χ0) is 18.9. The Labute approximate surface area is 151 Å². The molecule has 2 aliphatic rings. The van der Waals surface area contributed by atoms with Crippen molar-refractivity contribution >= 4 is 17.7 Å². The van der Waals surface area contributed by atoms with E-state index in [2.05, 4.69) is 15.3 Å². The summed E-state index contributed by atoms with van der Waals surface area (Å²) in [6.45, 7) is 3.83. The second-order valence-corrected chi connectivity index (χ2v) is 6.81. The highest BCUT2D eigenvalue weighted by Crippen LogP contribution is 2.40. The number of hydrogen-bond acceptors (Lipinski definition) is 6. The highest BCUT2D eigenvalue weighted by molar-refractivity contribution is 6.00. The monoisotopic (exact) mass is 361 g/mol. The molecule has 140 valence electrons. The Morgan fingerprint density at radius 1 is 1.38 bits per heavy atom. The zero-order valence-corrected chi connectivity index (χ0v) is 14.9. The van der Waals surface area contributed by atoms with Crippen molar-refractivity contribution in [2.75, 3.05) is 13.1 Å². The van der Waals surface area contributed by atoms with E-state index in [1.165, 1.54) is 18.7 Å². The van der Waals surface area contributed by atoms with E-state index >= 15 is 0 Å². The van der Waals surface area contributed by atoms with Gasteiger partial charge in [-0.3, -0.25) is 14.4 Å². The topological polar surface area (TPSA) is 116 Å². The number of nitrogens with one attached hydrogen (secondary N) is 1. The van der Waals surface area contributed by atoms with Crippen LogP contribution in [0.1, 0.15) is 32.5 Å². The van der Waals surface area contributed by atoms with Crippen molar-refractivity contribution in [1.29, 1.82) is 0 Å². The van der Waals surface area contributed by atoms with Gasteiger partial charge in [-0.05, 0) is 25.8 Å². The van der Waals surface area contributed by atoms with Crippen molar-refractivity contribution < 1.29 is 19.5 Å². The van der Waals surface area contributed by atoms with Gasteiger partial charge in [0.15, 0.2) is 0 Å². The minimum absolute atomic E-state index is 0.107. The molecule has 3 amide bonds. The van der Waals surface area contributed by atoms with Gasteiger partial charge in [-0.25, -0.2) is 9.97 Å². The third-order valence-corrected chi connectivity index (χ3v) is 5.06. The van der Waals surface area contributed by atoms with Crippen molar-refractivity contribution in [3.63, 3.8) is 0 Å². The third-order valence-electron chi connectivity index (χ3n) is 5.06. The summed E-state index contributed by atoms with van der Waals surface area (Å²) in [5.41, 5.74) is -0.845. The van der Waals surface area contributed by atoms with Crippen LogP contribution in [-0.4, -0.2) is 73.4 Å². The molecular weight excluding hydrogens is 338 g/mol. The number of aromatic nitrogens is 2. The summed E-state index contributed by atoms with van der Waals surface area (Å²) in [7, 11) is 0. The second-order valence-electron chi connectivity index (χ2n) is 6.81. The average Bonchev–Trinajstić information content (AvgIpc) is 3.07. The summed E-state index contributed by atoms with van der Waals surface area (Å²) in [6, 6.07) is 0.663. The summed E-state index contributed by atoms with van der Waals surface area (Å²) in [4.78, 5) is 48.2. The third kappa shape index (κ3) is 3.03. The van der Waals surface area contributed by atoms with E-state index in [1.807, 2.05) is 0 Å². The lowest BCUT2D eigenvalue weighted by Gasteiger charge is -2.53. The van der Waals surface area contributed by atoms with E-state index in [4.69, 9.17) is 0 Å². The standard InChI is InChI=1S/C17H23N5O4/c1-11(23)14(15(25)20-9-13-18-6-4-7-19-13)21-10-17(16(21)26)5-3-8-22(17)12(2)24/h4,6-7,11,14,23H,3,5,8-10H2,1-2H3,(H,20,25)/t11-,14+,17?/m1/s1. The van der Waals surface area contributed by atoms with E-state index in [0.717, 1.165) is 6.42 Å². The summed E-state index contributed by atoms with van der Waals surface area (Å²) in [5, 5.41) is 12.7. The fourth-order valence-electron chi connectivity index (χ4n) is 3.86. The Kier molecular flexibility index (Phi) is 4.90. The molecule has 1 aromatic rings. The highest BCUT2D eigenvalue weighted by Gasteiger charge is 2.61. The smallest absolute Gasteiger partial charge is 0.251 e. The van der Waals surface area contributed by atoms with Crippen LogP contribution in [0.2, 0.25) is 0 Å². The Bertz CT molecular complexity index is 710. The van der Waals surface area contributed by atoms with Gasteiger partial charge in [-0.15, -0.1) is 0 Å². The first-order valence-corrected chi connectivity index (χ1v) is 8.68. The molecule has 1 unspecified atom stereocenters. The van der Waals surface area contributed by atoms with Crippen molar-refractivity contribution in [1.82, 2.24) is 25.1 Å². The first-order valence-electron chi connectivity index (χ1n) is 8.68. The molecule has 2 saturated heterocycles. The van der Waals surface area contributed by atoms with Gasteiger partial charge in [-0.2, -0.15) is 0 Å². The second kappa shape index (κ2) is 6.99. The number of hydrogen-bond donors (Lipinski definition) is 2. The van der Waals surface area contributed by atoms with Gasteiger partial charge in [-0.1, -0.05) is 0 Å². The Morgan fingerprint density at radius 3 is 2.65 bits per heavy atom. The molecule has 0 aliphatic carbocycles. The number of carbonyl (C=O) groups excluding carboxylic acids is 3. The van der Waals surface area contributed by atoms with Crippen LogP contribution in [0.4, 0.5) is 0 Å². The molecule has 2 fully saturated rings. The minimum atomic E-state index is -1.04. The molecule has 0 radical (unpaired) electrons. The fourth-order valence-corrected chi connectivity index (χ4v) is 3.86. The van der Waals surface area contributed by atoms with Crippen LogP contribution in [0.15, 0.2) is 18.5 Å². The predicted octanol–water partition coefficient (Wildman–Crippen LogP) is -0.934. The zero-order valence-electron chi connectivity index (χ0n) is 14.9. The van der Waals surface area contributed by atoms with Gasteiger partial charge >= 0.3 is 0 Å². The van der Waals surface area contributed by atoms with Gasteiger partial charge in [0.2, 0.25) is 11.8 Å². The summed E-state index contributed by atoms with van der Waals surface area (Å²) < 4.78 is 0. The SMILES string of the molecule is CC(=O)N1CCCC12CN([C@H](C(=O)NCc1ncccn1)[C@@H](C)O)C2=O.